The number of hydrogen-bond donors (Lipinski definition) is 3. The van der Waals surface area contributed by atoms with Crippen LogP contribution in [-0.4, -0.2) is 87.6 Å². The number of thioether (sulfide) groups is 1. The van der Waals surface area contributed by atoms with E-state index in [1.807, 2.05) is 13.8 Å². The van der Waals surface area contributed by atoms with E-state index in [0.717, 1.165) is 0 Å². The molecule has 0 aromatic heterocycles. The van der Waals surface area contributed by atoms with Crippen LogP contribution in [0.5, 0.6) is 5.75 Å². The molecule has 2 aromatic carbocycles. The second-order valence-electron chi connectivity index (χ2n) is 12.2. The Hall–Kier alpha value is -5.32. The normalized spacial score (nSPS) is 19.3. The lowest BCUT2D eigenvalue weighted by Gasteiger charge is -2.44. The third-order valence-corrected chi connectivity index (χ3v) is 8.94. The van der Waals surface area contributed by atoms with Crippen molar-refractivity contribution in [2.24, 2.45) is 5.92 Å². The molecular weight excluding hydrogens is 678 g/mol. The number of hydrogen-bond acceptors (Lipinski definition) is 13. The summed E-state index contributed by atoms with van der Waals surface area (Å²) in [5.41, 5.74) is 0.978. The van der Waals surface area contributed by atoms with E-state index in [9.17, 15) is 33.6 Å². The number of benzene rings is 2. The molecule has 4 atom stereocenters. The lowest BCUT2D eigenvalue weighted by Crippen LogP contribution is -2.71. The Balaban J connectivity index is 1.44. The number of carbonyl (C=O) groups is 7. The van der Waals surface area contributed by atoms with Gasteiger partial charge in [0.15, 0.2) is 0 Å². The number of fused-ring (bicyclic) bond motifs is 1. The second-order valence-corrected chi connectivity index (χ2v) is 14.0. The fourth-order valence-corrected chi connectivity index (χ4v) is 6.66. The number of alkyl carbamates (subject to hydrolysis) is 1. The van der Waals surface area contributed by atoms with Crippen molar-refractivity contribution in [1.82, 2.24) is 15.5 Å². The van der Waals surface area contributed by atoms with Gasteiger partial charge in [-0.15, -0.1) is 11.8 Å². The topological polar surface area (TPSA) is 213 Å². The largest absolute Gasteiger partial charge is 0.513 e. The van der Waals surface area contributed by atoms with Crippen molar-refractivity contribution >= 4 is 53.7 Å². The van der Waals surface area contributed by atoms with E-state index >= 15 is 0 Å². The highest BCUT2D eigenvalue weighted by molar-refractivity contribution is 8.01. The molecule has 2 heterocycles. The lowest BCUT2D eigenvalue weighted by molar-refractivity contribution is -0.177. The van der Waals surface area contributed by atoms with Crippen LogP contribution in [0.1, 0.15) is 51.3 Å². The van der Waals surface area contributed by atoms with Gasteiger partial charge in [-0.1, -0.05) is 56.3 Å². The maximum absolute atomic E-state index is 13.7. The standard InChI is InChI=1S/C33H37N3O13S/c1-18(2)15-46-32(44)49-21-12-10-20(11-13-21)24(35-31(43)45-16-19-8-6-5-7-9-19)27(40)34-25-28(41)36-26(33(3,4)50-29(25)36)30(42)48-17-47-23(39)14-22(37)38/h5-13,18,24-26,29H,14-17H2,1-4H3,(H,34,40)(H,35,43)(H,37,38)/t24?,25-,26+,29-/m1/s1. The van der Waals surface area contributed by atoms with E-state index in [0.29, 0.717) is 5.56 Å². The van der Waals surface area contributed by atoms with Crippen LogP contribution in [0.3, 0.4) is 0 Å². The number of esters is 2. The molecule has 3 N–H and O–H groups in total. The van der Waals surface area contributed by atoms with E-state index in [2.05, 4.69) is 15.4 Å². The van der Waals surface area contributed by atoms with Crippen molar-refractivity contribution in [3.63, 3.8) is 0 Å². The zero-order valence-corrected chi connectivity index (χ0v) is 28.4. The number of rotatable bonds is 14. The summed E-state index contributed by atoms with van der Waals surface area (Å²) in [6.45, 7) is 6.37. The van der Waals surface area contributed by atoms with Crippen LogP contribution >= 0.6 is 11.8 Å². The Morgan fingerprint density at radius 1 is 0.940 bits per heavy atom. The van der Waals surface area contributed by atoms with Crippen molar-refractivity contribution in [3.05, 3.63) is 65.7 Å². The zero-order valence-electron chi connectivity index (χ0n) is 27.6. The number of nitrogens with one attached hydrogen (secondary N) is 2. The molecule has 0 aliphatic carbocycles. The van der Waals surface area contributed by atoms with Crippen molar-refractivity contribution in [1.29, 1.82) is 0 Å². The van der Waals surface area contributed by atoms with E-state index in [4.69, 9.17) is 24.1 Å². The van der Waals surface area contributed by atoms with Gasteiger partial charge in [0.2, 0.25) is 18.6 Å². The minimum absolute atomic E-state index is 0.0770. The average molecular weight is 716 g/mol. The molecule has 2 aliphatic heterocycles. The third-order valence-electron chi connectivity index (χ3n) is 7.36. The number of nitrogens with zero attached hydrogens (tertiary/aromatic N) is 1. The van der Waals surface area contributed by atoms with E-state index in [1.165, 1.54) is 40.9 Å². The third kappa shape index (κ3) is 9.64. The maximum atomic E-state index is 13.7. The summed E-state index contributed by atoms with van der Waals surface area (Å²) in [4.78, 5) is 88.2. The summed E-state index contributed by atoms with van der Waals surface area (Å²) in [6, 6.07) is 11.0. The average Bonchev–Trinajstić information content (AvgIpc) is 3.32. The SMILES string of the molecule is CC(C)COC(=O)Oc1ccc(C(NC(=O)OCc2ccccc2)C(=O)N[C@@H]2C(=O)N3[C@@H]2SC(C)(C)[C@@H]3C(=O)OCOC(=O)CC(=O)O)cc1. The van der Waals surface area contributed by atoms with Gasteiger partial charge < -0.3 is 44.3 Å². The Morgan fingerprint density at radius 3 is 2.26 bits per heavy atom. The van der Waals surface area contributed by atoms with Gasteiger partial charge >= 0.3 is 30.2 Å². The smallest absolute Gasteiger partial charge is 0.481 e. The molecular formula is C33H37N3O13S. The summed E-state index contributed by atoms with van der Waals surface area (Å²) in [6.07, 6.45) is -2.74. The molecule has 2 saturated heterocycles. The minimum Gasteiger partial charge on any atom is -0.481 e. The van der Waals surface area contributed by atoms with Crippen LogP contribution in [0, 0.1) is 5.92 Å². The van der Waals surface area contributed by atoms with Crippen LogP contribution in [-0.2, 0) is 49.5 Å². The quantitative estimate of drug-likeness (QED) is 0.0641. The Morgan fingerprint density at radius 2 is 1.62 bits per heavy atom. The molecule has 0 bridgehead atoms. The maximum Gasteiger partial charge on any atom is 0.513 e. The Labute approximate surface area is 291 Å². The van der Waals surface area contributed by atoms with Gasteiger partial charge in [0.25, 0.3) is 0 Å². The fourth-order valence-electron chi connectivity index (χ4n) is 5.04. The second kappa shape index (κ2) is 16.4. The predicted octanol–water partition coefficient (Wildman–Crippen LogP) is 2.89. The summed E-state index contributed by atoms with van der Waals surface area (Å²) in [7, 11) is 0. The van der Waals surface area contributed by atoms with Crippen LogP contribution in [0.2, 0.25) is 0 Å². The number of carboxylic acids is 1. The number of ether oxygens (including phenoxy) is 5. The molecule has 0 saturated carbocycles. The van der Waals surface area contributed by atoms with Gasteiger partial charge in [0, 0.05) is 4.75 Å². The molecule has 2 fully saturated rings. The molecule has 16 nitrogen and oxygen atoms in total. The molecule has 2 aliphatic rings. The Bertz CT molecular complexity index is 1600. The number of aliphatic carboxylic acids is 1. The highest BCUT2D eigenvalue weighted by Crippen LogP contribution is 2.51. The summed E-state index contributed by atoms with van der Waals surface area (Å²) in [5, 5.41) is 13.2. The van der Waals surface area contributed by atoms with Crippen LogP contribution in [0.25, 0.3) is 0 Å². The summed E-state index contributed by atoms with van der Waals surface area (Å²) >= 11 is 1.23. The minimum atomic E-state index is -1.41. The highest BCUT2D eigenvalue weighted by Gasteiger charge is 2.64. The summed E-state index contributed by atoms with van der Waals surface area (Å²) < 4.78 is 24.2. The van der Waals surface area contributed by atoms with Gasteiger partial charge in [-0.2, -0.15) is 0 Å². The number of carbonyl (C=O) groups excluding carboxylic acids is 6. The first-order valence-electron chi connectivity index (χ1n) is 15.4. The molecule has 2 aromatic rings. The van der Waals surface area contributed by atoms with E-state index in [1.54, 1.807) is 44.2 Å². The molecule has 1 unspecified atom stereocenters. The molecule has 268 valence electrons. The monoisotopic (exact) mass is 715 g/mol. The van der Waals surface area contributed by atoms with Crippen molar-refractivity contribution < 1.29 is 62.4 Å². The highest BCUT2D eigenvalue weighted by atomic mass is 32.2. The number of carboxylic acid groups (broad SMARTS) is 1. The Kier molecular flexibility index (Phi) is 12.3. The van der Waals surface area contributed by atoms with E-state index < -0.39 is 83.4 Å². The fraction of sp³-hybridized carbons (Fsp3) is 0.424. The van der Waals surface area contributed by atoms with Gasteiger partial charge in [-0.3, -0.25) is 19.2 Å². The van der Waals surface area contributed by atoms with Crippen molar-refractivity contribution in [2.45, 2.75) is 69.0 Å². The summed E-state index contributed by atoms with van der Waals surface area (Å²) in [5.74, 6) is -4.55. The van der Waals surface area contributed by atoms with Crippen LogP contribution in [0.4, 0.5) is 9.59 Å². The molecule has 0 radical (unpaired) electrons. The molecule has 17 heteroatoms. The predicted molar refractivity (Wildman–Crippen MR) is 173 cm³/mol. The van der Waals surface area contributed by atoms with Crippen LogP contribution < -0.4 is 15.4 Å². The van der Waals surface area contributed by atoms with Crippen LogP contribution in [0.15, 0.2) is 54.6 Å². The van der Waals surface area contributed by atoms with Gasteiger partial charge in [0.1, 0.15) is 42.3 Å². The molecule has 0 spiro atoms. The van der Waals surface area contributed by atoms with Gasteiger partial charge in [-0.05, 0) is 43.0 Å². The number of amides is 3. The van der Waals surface area contributed by atoms with Crippen molar-refractivity contribution in [2.75, 3.05) is 13.4 Å². The van der Waals surface area contributed by atoms with Crippen molar-refractivity contribution in [3.8, 4) is 5.75 Å². The zero-order chi connectivity index (χ0) is 36.6. The molecule has 3 amide bonds. The molecule has 50 heavy (non-hydrogen) atoms. The first kappa shape index (κ1) is 37.5. The van der Waals surface area contributed by atoms with E-state index in [-0.39, 0.29) is 30.4 Å². The first-order chi connectivity index (χ1) is 23.7. The lowest BCUT2D eigenvalue weighted by atomic mass is 9.95. The number of β-lactam (4-membered cyclic amide) rings is 1. The first-order valence-corrected chi connectivity index (χ1v) is 16.3. The molecule has 4 rings (SSSR count). The van der Waals surface area contributed by atoms with Gasteiger partial charge in [-0.25, -0.2) is 14.4 Å². The van der Waals surface area contributed by atoms with Gasteiger partial charge in [0.05, 0.1) is 6.61 Å².